The van der Waals surface area contributed by atoms with E-state index in [1.54, 1.807) is 13.8 Å². The van der Waals surface area contributed by atoms with Gasteiger partial charge >= 0.3 is 5.97 Å². The zero-order valence-corrected chi connectivity index (χ0v) is 11.3. The van der Waals surface area contributed by atoms with Gasteiger partial charge in [-0.25, -0.2) is 0 Å². The SMILES string of the molecule is CC1CC(=O)N(CC(=O)NC2CC2)C(C)C1C(=O)O. The predicted molar refractivity (Wildman–Crippen MR) is 67.2 cm³/mol. The standard InChI is InChI=1S/C13H20N2O4/c1-7-5-11(17)15(8(2)12(7)13(18)19)6-10(16)14-9-3-4-9/h7-9,12H,3-6H2,1-2H3,(H,14,16)(H,18,19). The van der Waals surface area contributed by atoms with Crippen molar-refractivity contribution in [2.75, 3.05) is 6.54 Å². The second-order valence-corrected chi connectivity index (χ2v) is 5.65. The number of carboxylic acid groups (broad SMARTS) is 1. The molecule has 2 N–H and O–H groups in total. The van der Waals surface area contributed by atoms with Crippen LogP contribution in [0.1, 0.15) is 33.1 Å². The quantitative estimate of drug-likeness (QED) is 0.763. The van der Waals surface area contributed by atoms with Gasteiger partial charge in [-0.3, -0.25) is 14.4 Å². The lowest BCUT2D eigenvalue weighted by molar-refractivity contribution is -0.156. The number of nitrogens with zero attached hydrogens (tertiary/aromatic N) is 1. The first-order chi connectivity index (χ1) is 8.90. The topological polar surface area (TPSA) is 86.7 Å². The Morgan fingerprint density at radius 3 is 2.53 bits per heavy atom. The van der Waals surface area contributed by atoms with Gasteiger partial charge in [-0.2, -0.15) is 0 Å². The molecule has 3 atom stereocenters. The first-order valence-electron chi connectivity index (χ1n) is 6.71. The zero-order chi connectivity index (χ0) is 14.2. The first kappa shape index (κ1) is 13.8. The molecule has 106 valence electrons. The Hall–Kier alpha value is -1.59. The molecule has 3 unspecified atom stereocenters. The van der Waals surface area contributed by atoms with Crippen molar-refractivity contribution in [2.24, 2.45) is 11.8 Å². The van der Waals surface area contributed by atoms with Crippen molar-refractivity contribution in [3.63, 3.8) is 0 Å². The van der Waals surface area contributed by atoms with Crippen molar-refractivity contribution in [3.05, 3.63) is 0 Å². The minimum atomic E-state index is -0.903. The molecule has 2 aliphatic rings. The Morgan fingerprint density at radius 1 is 1.37 bits per heavy atom. The van der Waals surface area contributed by atoms with Gasteiger partial charge in [0.15, 0.2) is 0 Å². The molecule has 1 heterocycles. The van der Waals surface area contributed by atoms with Gasteiger partial charge in [-0.05, 0) is 25.7 Å². The van der Waals surface area contributed by atoms with Gasteiger partial charge < -0.3 is 15.3 Å². The lowest BCUT2D eigenvalue weighted by Gasteiger charge is -2.40. The third-order valence-electron chi connectivity index (χ3n) is 3.98. The van der Waals surface area contributed by atoms with Crippen LogP contribution in [-0.2, 0) is 14.4 Å². The van der Waals surface area contributed by atoms with Gasteiger partial charge in [0.05, 0.1) is 12.5 Å². The molecule has 0 radical (unpaired) electrons. The van der Waals surface area contributed by atoms with E-state index >= 15 is 0 Å². The molecule has 0 bridgehead atoms. The van der Waals surface area contributed by atoms with Crippen LogP contribution < -0.4 is 5.32 Å². The molecule has 1 saturated heterocycles. The fraction of sp³-hybridized carbons (Fsp3) is 0.769. The Labute approximate surface area is 112 Å². The number of hydrogen-bond acceptors (Lipinski definition) is 3. The fourth-order valence-corrected chi connectivity index (χ4v) is 2.75. The molecule has 2 amide bonds. The highest BCUT2D eigenvalue weighted by Crippen LogP contribution is 2.30. The lowest BCUT2D eigenvalue weighted by Crippen LogP contribution is -2.55. The van der Waals surface area contributed by atoms with E-state index < -0.39 is 17.9 Å². The minimum absolute atomic E-state index is 0.0347. The summed E-state index contributed by atoms with van der Waals surface area (Å²) in [4.78, 5) is 36.4. The molecule has 6 heteroatoms. The summed E-state index contributed by atoms with van der Waals surface area (Å²) in [5.41, 5.74) is 0. The summed E-state index contributed by atoms with van der Waals surface area (Å²) in [5.74, 6) is -2.03. The van der Waals surface area contributed by atoms with Crippen molar-refractivity contribution in [1.29, 1.82) is 0 Å². The van der Waals surface area contributed by atoms with E-state index in [0.717, 1.165) is 12.8 Å². The van der Waals surface area contributed by atoms with Gasteiger partial charge in [0, 0.05) is 18.5 Å². The highest BCUT2D eigenvalue weighted by Gasteiger charge is 2.42. The van der Waals surface area contributed by atoms with Crippen molar-refractivity contribution < 1.29 is 19.5 Å². The molecule has 1 saturated carbocycles. The molecule has 1 aliphatic heterocycles. The van der Waals surface area contributed by atoms with Gasteiger partial charge in [0.1, 0.15) is 0 Å². The minimum Gasteiger partial charge on any atom is -0.481 e. The van der Waals surface area contributed by atoms with Gasteiger partial charge in [-0.1, -0.05) is 6.92 Å². The van der Waals surface area contributed by atoms with Crippen LogP contribution in [0, 0.1) is 11.8 Å². The maximum Gasteiger partial charge on any atom is 0.308 e. The van der Waals surface area contributed by atoms with E-state index in [2.05, 4.69) is 5.32 Å². The van der Waals surface area contributed by atoms with Crippen LogP contribution in [0.4, 0.5) is 0 Å². The molecule has 2 rings (SSSR count). The molecule has 0 aromatic heterocycles. The fourth-order valence-electron chi connectivity index (χ4n) is 2.75. The van der Waals surface area contributed by atoms with E-state index in [-0.39, 0.29) is 36.7 Å². The van der Waals surface area contributed by atoms with Crippen LogP contribution in [0.3, 0.4) is 0 Å². The normalized spacial score (nSPS) is 31.2. The largest absolute Gasteiger partial charge is 0.481 e. The van der Waals surface area contributed by atoms with Crippen molar-refractivity contribution in [1.82, 2.24) is 10.2 Å². The summed E-state index contributed by atoms with van der Waals surface area (Å²) in [7, 11) is 0. The predicted octanol–water partition coefficient (Wildman–Crippen LogP) is 0.223. The number of amides is 2. The third kappa shape index (κ3) is 3.05. The third-order valence-corrected chi connectivity index (χ3v) is 3.98. The zero-order valence-electron chi connectivity index (χ0n) is 11.3. The lowest BCUT2D eigenvalue weighted by atomic mass is 9.81. The highest BCUT2D eigenvalue weighted by atomic mass is 16.4. The second kappa shape index (κ2) is 5.19. The monoisotopic (exact) mass is 268 g/mol. The molecule has 1 aliphatic carbocycles. The van der Waals surface area contributed by atoms with E-state index in [9.17, 15) is 19.5 Å². The van der Waals surface area contributed by atoms with Crippen LogP contribution in [0.15, 0.2) is 0 Å². The molecule has 19 heavy (non-hydrogen) atoms. The average Bonchev–Trinajstić information content (AvgIpc) is 3.07. The van der Waals surface area contributed by atoms with Gasteiger partial charge in [0.25, 0.3) is 0 Å². The average molecular weight is 268 g/mol. The molecule has 0 spiro atoms. The number of carbonyl (C=O) groups is 3. The Balaban J connectivity index is 2.02. The highest BCUT2D eigenvalue weighted by molar-refractivity contribution is 5.87. The Morgan fingerprint density at radius 2 is 2.00 bits per heavy atom. The Kier molecular flexibility index (Phi) is 3.78. The summed E-state index contributed by atoms with van der Waals surface area (Å²) in [6, 6.07) is -0.199. The first-order valence-corrected chi connectivity index (χ1v) is 6.71. The molecule has 0 aromatic rings. The summed E-state index contributed by atoms with van der Waals surface area (Å²) in [5, 5.41) is 12.1. The number of likely N-dealkylation sites (tertiary alicyclic amines) is 1. The maximum atomic E-state index is 12.0. The van der Waals surface area contributed by atoms with E-state index in [1.165, 1.54) is 4.90 Å². The second-order valence-electron chi connectivity index (χ2n) is 5.65. The smallest absolute Gasteiger partial charge is 0.308 e. The number of rotatable bonds is 4. The number of carboxylic acids is 1. The van der Waals surface area contributed by atoms with Crippen LogP contribution in [0.25, 0.3) is 0 Å². The molecule has 0 aromatic carbocycles. The van der Waals surface area contributed by atoms with Crippen molar-refractivity contribution >= 4 is 17.8 Å². The van der Waals surface area contributed by atoms with Gasteiger partial charge in [0.2, 0.25) is 11.8 Å². The van der Waals surface area contributed by atoms with Crippen molar-refractivity contribution in [2.45, 2.75) is 45.2 Å². The van der Waals surface area contributed by atoms with E-state index in [1.807, 2.05) is 0 Å². The maximum absolute atomic E-state index is 12.0. The number of nitrogens with one attached hydrogen (secondary N) is 1. The molecular formula is C13H20N2O4. The number of piperidine rings is 1. The molecule has 2 fully saturated rings. The van der Waals surface area contributed by atoms with E-state index in [0.29, 0.717) is 0 Å². The molecule has 6 nitrogen and oxygen atoms in total. The van der Waals surface area contributed by atoms with Gasteiger partial charge in [-0.15, -0.1) is 0 Å². The Bertz CT molecular complexity index is 405. The molecular weight excluding hydrogens is 248 g/mol. The van der Waals surface area contributed by atoms with E-state index in [4.69, 9.17) is 0 Å². The van der Waals surface area contributed by atoms with Crippen molar-refractivity contribution in [3.8, 4) is 0 Å². The van der Waals surface area contributed by atoms with Crippen LogP contribution >= 0.6 is 0 Å². The number of carbonyl (C=O) groups excluding carboxylic acids is 2. The van der Waals surface area contributed by atoms with Crippen LogP contribution in [0.2, 0.25) is 0 Å². The summed E-state index contributed by atoms with van der Waals surface area (Å²) >= 11 is 0. The van der Waals surface area contributed by atoms with Crippen LogP contribution in [-0.4, -0.2) is 46.4 Å². The summed E-state index contributed by atoms with van der Waals surface area (Å²) < 4.78 is 0. The number of hydrogen-bond donors (Lipinski definition) is 2. The summed E-state index contributed by atoms with van der Waals surface area (Å²) in [6.07, 6.45) is 2.17. The summed E-state index contributed by atoms with van der Waals surface area (Å²) in [6.45, 7) is 3.44. The number of aliphatic carboxylic acids is 1. The van der Waals surface area contributed by atoms with Crippen LogP contribution in [0.5, 0.6) is 0 Å².